The fourth-order valence-corrected chi connectivity index (χ4v) is 3.95. The highest BCUT2D eigenvalue weighted by molar-refractivity contribution is 5.35. The van der Waals surface area contributed by atoms with E-state index >= 15 is 0 Å². The van der Waals surface area contributed by atoms with Gasteiger partial charge in [-0.05, 0) is 67.7 Å². The number of hydrogen-bond acceptors (Lipinski definition) is 5. The molecular weight excluding hydrogens is 378 g/mol. The van der Waals surface area contributed by atoms with Crippen molar-refractivity contribution in [2.45, 2.75) is 51.5 Å². The Morgan fingerprint density at radius 1 is 1.20 bits per heavy atom. The molecule has 30 heavy (non-hydrogen) atoms. The Kier molecular flexibility index (Phi) is 7.19. The van der Waals surface area contributed by atoms with E-state index in [4.69, 9.17) is 13.9 Å². The van der Waals surface area contributed by atoms with Gasteiger partial charge in [-0.25, -0.2) is 0 Å². The van der Waals surface area contributed by atoms with Crippen molar-refractivity contribution in [1.29, 1.82) is 0 Å². The van der Waals surface area contributed by atoms with E-state index in [2.05, 4.69) is 30.2 Å². The fourth-order valence-electron chi connectivity index (χ4n) is 3.95. The standard InChI is InChI=1S/C25H33NO4/c1-18(2)25(27,19(3)4)24-12-11-23(30-24)17-26(16-22-10-7-13-29-22)15-20-8-6-9-21(14-20)28-5/h6,8-9,11-12,14,22,27H,1,3,7,10,13,15-17H2,2,4-5H3. The van der Waals surface area contributed by atoms with Gasteiger partial charge in [0.25, 0.3) is 0 Å². The molecule has 1 N–H and O–H groups in total. The number of furan rings is 1. The highest BCUT2D eigenvalue weighted by Crippen LogP contribution is 2.36. The Balaban J connectivity index is 1.79. The zero-order valence-corrected chi connectivity index (χ0v) is 18.3. The van der Waals surface area contributed by atoms with Crippen LogP contribution >= 0.6 is 0 Å². The van der Waals surface area contributed by atoms with Crippen molar-refractivity contribution in [3.63, 3.8) is 0 Å². The molecule has 0 bridgehead atoms. The van der Waals surface area contributed by atoms with Crippen molar-refractivity contribution in [3.05, 3.63) is 77.8 Å². The van der Waals surface area contributed by atoms with Crippen LogP contribution in [0.5, 0.6) is 5.75 Å². The molecule has 1 aromatic carbocycles. The van der Waals surface area contributed by atoms with E-state index in [9.17, 15) is 5.11 Å². The maximum atomic E-state index is 11.1. The molecule has 0 radical (unpaired) electrons. The Morgan fingerprint density at radius 3 is 2.60 bits per heavy atom. The van der Waals surface area contributed by atoms with Gasteiger partial charge in [0.05, 0.1) is 19.8 Å². The molecule has 0 aliphatic carbocycles. The molecule has 1 atom stereocenters. The van der Waals surface area contributed by atoms with E-state index in [-0.39, 0.29) is 6.10 Å². The molecule has 1 aromatic heterocycles. The molecule has 3 rings (SSSR count). The van der Waals surface area contributed by atoms with Crippen LogP contribution in [0.1, 0.15) is 43.8 Å². The van der Waals surface area contributed by atoms with Gasteiger partial charge >= 0.3 is 0 Å². The third kappa shape index (κ3) is 5.04. The summed E-state index contributed by atoms with van der Waals surface area (Å²) in [5, 5.41) is 11.1. The van der Waals surface area contributed by atoms with Crippen LogP contribution < -0.4 is 4.74 Å². The number of hydrogen-bond donors (Lipinski definition) is 1. The second-order valence-electron chi connectivity index (χ2n) is 8.19. The zero-order valence-electron chi connectivity index (χ0n) is 18.3. The first-order chi connectivity index (χ1) is 14.3. The predicted octanol–water partition coefficient (Wildman–Crippen LogP) is 4.81. The number of rotatable bonds is 10. The van der Waals surface area contributed by atoms with Crippen molar-refractivity contribution in [2.75, 3.05) is 20.3 Å². The lowest BCUT2D eigenvalue weighted by atomic mass is 9.87. The van der Waals surface area contributed by atoms with Crippen LogP contribution in [0.3, 0.4) is 0 Å². The van der Waals surface area contributed by atoms with E-state index in [0.29, 0.717) is 23.5 Å². The van der Waals surface area contributed by atoms with Crippen LogP contribution in [0.2, 0.25) is 0 Å². The van der Waals surface area contributed by atoms with Gasteiger partial charge in [-0.2, -0.15) is 0 Å². The maximum Gasteiger partial charge on any atom is 0.163 e. The van der Waals surface area contributed by atoms with Gasteiger partial charge in [-0.1, -0.05) is 25.3 Å². The van der Waals surface area contributed by atoms with Gasteiger partial charge in [-0.3, -0.25) is 4.90 Å². The van der Waals surface area contributed by atoms with Gasteiger partial charge in [0.1, 0.15) is 17.3 Å². The highest BCUT2D eigenvalue weighted by atomic mass is 16.5. The summed E-state index contributed by atoms with van der Waals surface area (Å²) in [5.74, 6) is 2.08. The van der Waals surface area contributed by atoms with Gasteiger partial charge in [-0.15, -0.1) is 0 Å². The first kappa shape index (κ1) is 22.3. The van der Waals surface area contributed by atoms with Crippen LogP contribution in [0.25, 0.3) is 0 Å². The zero-order chi connectivity index (χ0) is 21.7. The number of methoxy groups -OCH3 is 1. The molecule has 0 spiro atoms. The largest absolute Gasteiger partial charge is 0.497 e. The summed E-state index contributed by atoms with van der Waals surface area (Å²) in [7, 11) is 1.68. The monoisotopic (exact) mass is 411 g/mol. The van der Waals surface area contributed by atoms with Crippen LogP contribution in [-0.2, 0) is 23.4 Å². The van der Waals surface area contributed by atoms with Crippen molar-refractivity contribution >= 4 is 0 Å². The van der Waals surface area contributed by atoms with E-state index in [1.807, 2.05) is 24.3 Å². The van der Waals surface area contributed by atoms with Crippen LogP contribution in [0.15, 0.2) is 65.1 Å². The minimum Gasteiger partial charge on any atom is -0.497 e. The molecule has 1 aliphatic heterocycles. The fraction of sp³-hybridized carbons (Fsp3) is 0.440. The quantitative estimate of drug-likeness (QED) is 0.569. The van der Waals surface area contributed by atoms with Crippen LogP contribution in [0.4, 0.5) is 0 Å². The number of aliphatic hydroxyl groups is 1. The maximum absolute atomic E-state index is 11.1. The molecule has 1 saturated heterocycles. The van der Waals surface area contributed by atoms with E-state index in [1.54, 1.807) is 21.0 Å². The average molecular weight is 412 g/mol. The van der Waals surface area contributed by atoms with E-state index < -0.39 is 5.60 Å². The lowest BCUT2D eigenvalue weighted by molar-refractivity contribution is 0.0623. The molecule has 5 nitrogen and oxygen atoms in total. The number of benzene rings is 1. The average Bonchev–Trinajstić information content (AvgIpc) is 3.39. The molecule has 0 amide bonds. The Labute approximate surface area is 179 Å². The lowest BCUT2D eigenvalue weighted by Crippen LogP contribution is -2.31. The first-order valence-electron chi connectivity index (χ1n) is 10.4. The van der Waals surface area contributed by atoms with Crippen molar-refractivity contribution in [1.82, 2.24) is 4.90 Å². The smallest absolute Gasteiger partial charge is 0.163 e. The Hall–Kier alpha value is -2.34. The lowest BCUT2D eigenvalue weighted by Gasteiger charge is -2.27. The summed E-state index contributed by atoms with van der Waals surface area (Å²) < 4.78 is 17.3. The summed E-state index contributed by atoms with van der Waals surface area (Å²) in [6.45, 7) is 14.4. The van der Waals surface area contributed by atoms with E-state index in [1.165, 1.54) is 5.56 Å². The van der Waals surface area contributed by atoms with Crippen molar-refractivity contribution in [2.24, 2.45) is 0 Å². The highest BCUT2D eigenvalue weighted by Gasteiger charge is 2.35. The van der Waals surface area contributed by atoms with Gasteiger partial charge in [0.2, 0.25) is 0 Å². The van der Waals surface area contributed by atoms with Gasteiger partial charge in [0.15, 0.2) is 5.60 Å². The molecule has 0 saturated carbocycles. The van der Waals surface area contributed by atoms with Crippen LogP contribution in [0, 0.1) is 0 Å². The van der Waals surface area contributed by atoms with Crippen molar-refractivity contribution < 1.29 is 19.0 Å². The molecule has 1 fully saturated rings. The van der Waals surface area contributed by atoms with Gasteiger partial charge < -0.3 is 19.0 Å². The molecular formula is C25H33NO4. The van der Waals surface area contributed by atoms with E-state index in [0.717, 1.165) is 44.0 Å². The second-order valence-corrected chi connectivity index (χ2v) is 8.19. The second kappa shape index (κ2) is 9.65. The predicted molar refractivity (Wildman–Crippen MR) is 118 cm³/mol. The Bertz CT molecular complexity index is 865. The molecule has 2 aromatic rings. The SMILES string of the molecule is C=C(C)C(O)(C(=C)C)c1ccc(CN(Cc2cccc(OC)c2)CC2CCCO2)o1. The minimum atomic E-state index is -1.36. The summed E-state index contributed by atoms with van der Waals surface area (Å²) in [6.07, 6.45) is 2.41. The molecule has 2 heterocycles. The third-order valence-electron chi connectivity index (χ3n) is 5.66. The Morgan fingerprint density at radius 2 is 1.97 bits per heavy atom. The van der Waals surface area contributed by atoms with Gasteiger partial charge in [0, 0.05) is 19.7 Å². The number of ether oxygens (including phenoxy) is 2. The summed E-state index contributed by atoms with van der Waals surface area (Å²) in [5.41, 5.74) is 0.983. The van der Waals surface area contributed by atoms with Crippen molar-refractivity contribution in [3.8, 4) is 5.75 Å². The summed E-state index contributed by atoms with van der Waals surface area (Å²) >= 11 is 0. The molecule has 5 heteroatoms. The normalized spacial score (nSPS) is 16.8. The third-order valence-corrected chi connectivity index (χ3v) is 5.66. The molecule has 162 valence electrons. The number of nitrogens with zero attached hydrogens (tertiary/aromatic N) is 1. The first-order valence-corrected chi connectivity index (χ1v) is 10.4. The summed E-state index contributed by atoms with van der Waals surface area (Å²) in [6, 6.07) is 11.8. The molecule has 1 unspecified atom stereocenters. The van der Waals surface area contributed by atoms with Crippen LogP contribution in [-0.4, -0.2) is 36.4 Å². The molecule has 1 aliphatic rings. The minimum absolute atomic E-state index is 0.229. The summed E-state index contributed by atoms with van der Waals surface area (Å²) in [4.78, 5) is 2.31. The topological polar surface area (TPSA) is 55.1 Å².